The second kappa shape index (κ2) is 8.20. The smallest absolute Gasteiger partial charge is 0.349 e. The third-order valence-electron chi connectivity index (χ3n) is 6.02. The molecule has 1 saturated carbocycles. The maximum Gasteiger partial charge on any atom is 0.418 e. The van der Waals surface area contributed by atoms with Crippen molar-refractivity contribution in [3.8, 4) is 0 Å². The van der Waals surface area contributed by atoms with E-state index in [1.165, 1.54) is 17.2 Å². The fraction of sp³-hybridized carbons (Fsp3) is 0.571. The number of anilines is 1. The van der Waals surface area contributed by atoms with E-state index in [9.17, 15) is 26.7 Å². The molecule has 0 radical (unpaired) electrons. The first-order chi connectivity index (χ1) is 14.6. The Hall–Kier alpha value is -2.52. The van der Waals surface area contributed by atoms with Crippen LogP contribution in [0.5, 0.6) is 0 Å². The van der Waals surface area contributed by atoms with E-state index in [4.69, 9.17) is 0 Å². The van der Waals surface area contributed by atoms with Crippen molar-refractivity contribution in [3.63, 3.8) is 0 Å². The summed E-state index contributed by atoms with van der Waals surface area (Å²) >= 11 is 0. The van der Waals surface area contributed by atoms with E-state index in [0.717, 1.165) is 42.9 Å². The van der Waals surface area contributed by atoms with Gasteiger partial charge in [-0.3, -0.25) is 9.78 Å². The summed E-state index contributed by atoms with van der Waals surface area (Å²) < 4.78 is 68.7. The number of nitrogens with zero attached hydrogens (tertiary/aromatic N) is 4. The molecule has 0 unspecified atom stereocenters. The first kappa shape index (κ1) is 21.7. The zero-order chi connectivity index (χ0) is 22.2. The molecular formula is C21H23F5N4O. The van der Waals surface area contributed by atoms with Gasteiger partial charge in [0, 0.05) is 24.7 Å². The Balaban J connectivity index is 1.76. The van der Waals surface area contributed by atoms with Crippen LogP contribution in [0.25, 0.3) is 0 Å². The predicted octanol–water partition coefficient (Wildman–Crippen LogP) is 4.60. The average molecular weight is 442 g/mol. The van der Waals surface area contributed by atoms with Gasteiger partial charge in [0.25, 0.3) is 11.5 Å². The minimum atomic E-state index is -4.63. The standard InChI is InChI=1S/C21H23F5N4O/c22-20(23)8-10-29(13-20)18-11-15(14-5-2-1-3-6-14)19(31)30(28-18)12-17-16(21(24,25)26)7-4-9-27-17/h4,7,9,11,14H,1-3,5-6,8,10,12-13H2. The summed E-state index contributed by atoms with van der Waals surface area (Å²) in [6, 6.07) is 3.64. The van der Waals surface area contributed by atoms with Gasteiger partial charge in [-0.2, -0.15) is 18.3 Å². The summed E-state index contributed by atoms with van der Waals surface area (Å²) in [4.78, 5) is 18.4. The summed E-state index contributed by atoms with van der Waals surface area (Å²) in [7, 11) is 0. The molecular weight excluding hydrogens is 419 g/mol. The van der Waals surface area contributed by atoms with Gasteiger partial charge in [0.15, 0.2) is 0 Å². The van der Waals surface area contributed by atoms with E-state index < -0.39 is 36.3 Å². The van der Waals surface area contributed by atoms with E-state index in [2.05, 4.69) is 10.1 Å². The Labute approximate surface area is 175 Å². The number of rotatable bonds is 4. The molecule has 0 aromatic carbocycles. The normalized spacial score (nSPS) is 19.7. The second-order valence-electron chi connectivity index (χ2n) is 8.28. The Kier molecular flexibility index (Phi) is 5.74. The third kappa shape index (κ3) is 4.72. The van der Waals surface area contributed by atoms with Crippen LogP contribution in [0.15, 0.2) is 29.2 Å². The maximum absolute atomic E-state index is 13.8. The molecule has 0 spiro atoms. The van der Waals surface area contributed by atoms with Crippen LogP contribution in [0.3, 0.4) is 0 Å². The van der Waals surface area contributed by atoms with Crippen molar-refractivity contribution in [2.24, 2.45) is 0 Å². The van der Waals surface area contributed by atoms with Crippen molar-refractivity contribution < 1.29 is 22.0 Å². The Morgan fingerprint density at radius 2 is 1.90 bits per heavy atom. The third-order valence-corrected chi connectivity index (χ3v) is 6.02. The van der Waals surface area contributed by atoms with Crippen LogP contribution in [0.2, 0.25) is 0 Å². The Morgan fingerprint density at radius 1 is 1.16 bits per heavy atom. The van der Waals surface area contributed by atoms with Crippen LogP contribution in [-0.4, -0.2) is 33.8 Å². The van der Waals surface area contributed by atoms with Crippen molar-refractivity contribution in [2.75, 3.05) is 18.0 Å². The highest BCUT2D eigenvalue weighted by Crippen LogP contribution is 2.35. The van der Waals surface area contributed by atoms with Gasteiger partial charge in [-0.05, 0) is 37.0 Å². The molecule has 4 rings (SSSR count). The van der Waals surface area contributed by atoms with Crippen LogP contribution < -0.4 is 10.5 Å². The molecule has 0 amide bonds. The minimum absolute atomic E-state index is 0.0526. The minimum Gasteiger partial charge on any atom is -0.349 e. The topological polar surface area (TPSA) is 51.0 Å². The van der Waals surface area contributed by atoms with Crippen molar-refractivity contribution in [3.05, 3.63) is 51.6 Å². The Bertz CT molecular complexity index is 998. The fourth-order valence-corrected chi connectivity index (χ4v) is 4.41. The lowest BCUT2D eigenvalue weighted by atomic mass is 9.85. The van der Waals surface area contributed by atoms with Gasteiger partial charge in [0.05, 0.1) is 24.3 Å². The molecule has 2 aromatic rings. The number of hydrogen-bond acceptors (Lipinski definition) is 4. The van der Waals surface area contributed by atoms with E-state index in [0.29, 0.717) is 5.56 Å². The number of halogens is 5. The zero-order valence-corrected chi connectivity index (χ0v) is 16.8. The monoisotopic (exact) mass is 442 g/mol. The van der Waals surface area contributed by atoms with Crippen LogP contribution in [0, 0.1) is 0 Å². The molecule has 1 aliphatic carbocycles. The van der Waals surface area contributed by atoms with Crippen molar-refractivity contribution >= 4 is 5.82 Å². The van der Waals surface area contributed by atoms with Gasteiger partial charge in [-0.25, -0.2) is 13.5 Å². The SMILES string of the molecule is O=c1c(C2CCCCC2)cc(N2CCC(F)(F)C2)nn1Cc1ncccc1C(F)(F)F. The van der Waals surface area contributed by atoms with Gasteiger partial charge >= 0.3 is 6.18 Å². The molecule has 2 aromatic heterocycles. The lowest BCUT2D eigenvalue weighted by Gasteiger charge is -2.25. The van der Waals surface area contributed by atoms with Crippen LogP contribution in [0.4, 0.5) is 27.8 Å². The number of alkyl halides is 5. The van der Waals surface area contributed by atoms with E-state index in [1.807, 2.05) is 0 Å². The van der Waals surface area contributed by atoms with E-state index >= 15 is 0 Å². The molecule has 1 aliphatic heterocycles. The lowest BCUT2D eigenvalue weighted by Crippen LogP contribution is -2.33. The molecule has 10 heteroatoms. The quantitative estimate of drug-likeness (QED) is 0.650. The number of pyridine rings is 1. The Morgan fingerprint density at radius 3 is 2.55 bits per heavy atom. The summed E-state index contributed by atoms with van der Waals surface area (Å²) in [6.45, 7) is -0.939. The fourth-order valence-electron chi connectivity index (χ4n) is 4.41. The molecule has 0 N–H and O–H groups in total. The van der Waals surface area contributed by atoms with E-state index in [-0.39, 0.29) is 30.4 Å². The summed E-state index contributed by atoms with van der Waals surface area (Å²) in [5, 5.41) is 4.18. The van der Waals surface area contributed by atoms with Gasteiger partial charge in [0.2, 0.25) is 0 Å². The number of aromatic nitrogens is 3. The molecule has 3 heterocycles. The van der Waals surface area contributed by atoms with Crippen molar-refractivity contribution in [1.82, 2.24) is 14.8 Å². The largest absolute Gasteiger partial charge is 0.418 e. The first-order valence-corrected chi connectivity index (χ1v) is 10.4. The molecule has 168 valence electrons. The highest BCUT2D eigenvalue weighted by atomic mass is 19.4. The molecule has 2 aliphatic rings. The average Bonchev–Trinajstić information content (AvgIpc) is 3.09. The highest BCUT2D eigenvalue weighted by Gasteiger charge is 2.39. The van der Waals surface area contributed by atoms with Gasteiger partial charge in [-0.1, -0.05) is 19.3 Å². The van der Waals surface area contributed by atoms with Crippen LogP contribution >= 0.6 is 0 Å². The predicted molar refractivity (Wildman–Crippen MR) is 104 cm³/mol. The van der Waals surface area contributed by atoms with Gasteiger partial charge in [-0.15, -0.1) is 0 Å². The van der Waals surface area contributed by atoms with Gasteiger partial charge < -0.3 is 4.90 Å². The summed E-state index contributed by atoms with van der Waals surface area (Å²) in [6.07, 6.45) is 0.786. The first-order valence-electron chi connectivity index (χ1n) is 10.4. The maximum atomic E-state index is 13.8. The lowest BCUT2D eigenvalue weighted by molar-refractivity contribution is -0.138. The molecule has 0 atom stereocenters. The van der Waals surface area contributed by atoms with Crippen LogP contribution in [-0.2, 0) is 12.7 Å². The molecule has 5 nitrogen and oxygen atoms in total. The summed E-state index contributed by atoms with van der Waals surface area (Å²) in [5.74, 6) is -2.72. The second-order valence-corrected chi connectivity index (χ2v) is 8.28. The summed E-state index contributed by atoms with van der Waals surface area (Å²) in [5.41, 5.74) is -1.33. The molecule has 31 heavy (non-hydrogen) atoms. The zero-order valence-electron chi connectivity index (χ0n) is 16.8. The van der Waals surface area contributed by atoms with Crippen molar-refractivity contribution in [1.29, 1.82) is 0 Å². The number of hydrogen-bond donors (Lipinski definition) is 0. The van der Waals surface area contributed by atoms with Gasteiger partial charge in [0.1, 0.15) is 5.82 Å². The highest BCUT2D eigenvalue weighted by molar-refractivity contribution is 5.43. The molecule has 1 saturated heterocycles. The van der Waals surface area contributed by atoms with Crippen LogP contribution in [0.1, 0.15) is 61.3 Å². The van der Waals surface area contributed by atoms with Crippen molar-refractivity contribution in [2.45, 2.75) is 63.1 Å². The molecule has 0 bridgehead atoms. The van der Waals surface area contributed by atoms with E-state index in [1.54, 1.807) is 6.07 Å². The molecule has 2 fully saturated rings.